The Balaban J connectivity index is 0.000000186. The smallest absolute Gasteiger partial charge is 0.0771 e. The zero-order valence-electron chi connectivity index (χ0n) is 18.2. The van der Waals surface area contributed by atoms with E-state index in [1.165, 1.54) is 72.5 Å². The van der Waals surface area contributed by atoms with Crippen LogP contribution in [0.25, 0.3) is 43.1 Å². The van der Waals surface area contributed by atoms with Crippen molar-refractivity contribution in [3.63, 3.8) is 0 Å². The van der Waals surface area contributed by atoms with Gasteiger partial charge in [-0.15, -0.1) is 79.5 Å². The zero-order valence-corrected chi connectivity index (χ0v) is 24.0. The Hall–Kier alpha value is -1.41. The molecule has 0 radical (unpaired) electrons. The number of halogens is 3. The van der Waals surface area contributed by atoms with Crippen LogP contribution >= 0.6 is 11.1 Å². The number of fused-ring (bicyclic) bond motifs is 6. The van der Waals surface area contributed by atoms with E-state index in [1.54, 1.807) is 0 Å². The minimum absolute atomic E-state index is 0. The maximum Gasteiger partial charge on any atom is -0.0771 e. The van der Waals surface area contributed by atoms with Gasteiger partial charge in [0.05, 0.1) is 0 Å². The molecule has 6 rings (SSSR count). The van der Waals surface area contributed by atoms with Gasteiger partial charge in [-0.1, -0.05) is 72.8 Å². The molecule has 6 aromatic rings. The zero-order chi connectivity index (χ0) is 21.6. The van der Waals surface area contributed by atoms with Crippen molar-refractivity contribution in [3.8, 4) is 0 Å². The fourth-order valence-corrected chi connectivity index (χ4v) is 3.81. The fraction of sp³-hybridized carbons (Fsp3) is 0.0714. The first-order valence-corrected chi connectivity index (χ1v) is 16.9. The van der Waals surface area contributed by atoms with E-state index in [-0.39, 0.29) is 29.6 Å². The maximum atomic E-state index is 5.60. The molecule has 0 bridgehead atoms. The van der Waals surface area contributed by atoms with Gasteiger partial charge in [-0.3, -0.25) is 0 Å². The van der Waals surface area contributed by atoms with E-state index in [2.05, 4.69) is 116 Å². The summed E-state index contributed by atoms with van der Waals surface area (Å²) in [4.78, 5) is 0. The Morgan fingerprint density at radius 1 is 0.576 bits per heavy atom. The van der Waals surface area contributed by atoms with E-state index in [0.717, 1.165) is 0 Å². The Morgan fingerprint density at radius 3 is 1.00 bits per heavy atom. The van der Waals surface area contributed by atoms with Crippen molar-refractivity contribution < 1.29 is 48.1 Å². The first-order valence-electron chi connectivity index (χ1n) is 10.5. The molecule has 0 saturated carbocycles. The molecule has 0 unspecified atom stereocenters. The van der Waals surface area contributed by atoms with Gasteiger partial charge in [-0.05, 0) is 0 Å². The van der Waals surface area contributed by atoms with E-state index in [9.17, 15) is 0 Å². The molecule has 33 heavy (non-hydrogen) atoms. The Kier molecular flexibility index (Phi) is 11.4. The average Bonchev–Trinajstić information content (AvgIpc) is 3.38. The van der Waals surface area contributed by atoms with Crippen LogP contribution in [0.3, 0.4) is 0 Å². The van der Waals surface area contributed by atoms with Crippen molar-refractivity contribution in [2.45, 2.75) is 13.0 Å². The number of hydrogen-bond acceptors (Lipinski definition) is 0. The van der Waals surface area contributed by atoms with Crippen LogP contribution in [0.1, 0.15) is 6.92 Å². The summed E-state index contributed by atoms with van der Waals surface area (Å²) in [6.45, 7) is 2.13. The first-order chi connectivity index (χ1) is 15.2. The molecular weight excluding hydrogens is 562 g/mol. The van der Waals surface area contributed by atoms with Crippen molar-refractivity contribution in [2.24, 2.45) is 0 Å². The van der Waals surface area contributed by atoms with Crippen molar-refractivity contribution in [1.82, 2.24) is 0 Å². The first kappa shape index (κ1) is 27.8. The summed E-state index contributed by atoms with van der Waals surface area (Å²) in [7, 11) is 0. The third-order valence-corrected chi connectivity index (χ3v) is 9.39. The molecule has 0 spiro atoms. The third kappa shape index (κ3) is 6.81. The van der Waals surface area contributed by atoms with Crippen LogP contribution in [0.2, 0.25) is 6.04 Å². The van der Waals surface area contributed by atoms with E-state index < -0.39 is 0 Å². The molecule has 6 aromatic carbocycles. The summed E-state index contributed by atoms with van der Waals surface area (Å²) in [6, 6.07) is 39.8. The summed E-state index contributed by atoms with van der Waals surface area (Å²) < 4.78 is -0.312. The van der Waals surface area contributed by atoms with Gasteiger partial charge >= 0.3 is 52.1 Å². The normalized spacial score (nSPS) is 9.94. The van der Waals surface area contributed by atoms with Crippen molar-refractivity contribution >= 4 is 58.9 Å². The summed E-state index contributed by atoms with van der Waals surface area (Å²) in [5.74, 6) is 0. The molecule has 0 aromatic heterocycles. The molecule has 0 saturated heterocycles. The van der Waals surface area contributed by atoms with Crippen LogP contribution in [0, 0.1) is 0 Å². The third-order valence-electron chi connectivity index (χ3n) is 5.36. The molecule has 0 fully saturated rings. The summed E-state index contributed by atoms with van der Waals surface area (Å²) in [6.07, 6.45) is 0. The van der Waals surface area contributed by atoms with Gasteiger partial charge in [0, 0.05) is 0 Å². The second-order valence-electron chi connectivity index (χ2n) is 7.40. The number of benzene rings is 4. The standard InChI is InChI=1S/2C13H9.C2H5ClSi.2ClH.Zr/c2*1-3-7-12-10(5-1)9-11-6-2-4-8-13(11)12;1-2-4-3;;;/h2*1-9H;2H2,1H3;2*1H;/q2*-1;;;;+2/p-2. The maximum absolute atomic E-state index is 5.60. The molecule has 0 nitrogen and oxygen atoms in total. The van der Waals surface area contributed by atoms with Gasteiger partial charge in [-0.2, -0.15) is 0 Å². The molecule has 0 aliphatic rings. The van der Waals surface area contributed by atoms with Gasteiger partial charge < -0.3 is 24.8 Å². The molecule has 5 heteroatoms. The predicted octanol–water partition coefficient (Wildman–Crippen LogP) is 2.71. The molecule has 0 aliphatic heterocycles. The van der Waals surface area contributed by atoms with Crippen LogP contribution in [0.4, 0.5) is 0 Å². The summed E-state index contributed by atoms with van der Waals surface area (Å²) in [5.41, 5.74) is 0. The van der Waals surface area contributed by atoms with Crippen LogP contribution < -0.4 is 24.8 Å². The molecule has 0 atom stereocenters. The largest absolute Gasteiger partial charge is 1.00 e. The van der Waals surface area contributed by atoms with E-state index >= 15 is 0 Å². The van der Waals surface area contributed by atoms with Crippen molar-refractivity contribution in [3.05, 3.63) is 109 Å². The van der Waals surface area contributed by atoms with Gasteiger partial charge in [0.2, 0.25) is 0 Å². The molecule has 0 aliphatic carbocycles. The van der Waals surface area contributed by atoms with Crippen LogP contribution in [-0.2, 0) is 23.3 Å². The summed E-state index contributed by atoms with van der Waals surface area (Å²) in [5, 5.41) is 10.8. The number of rotatable bonds is 1. The minimum Gasteiger partial charge on any atom is -1.00 e. The Morgan fingerprint density at radius 2 is 0.788 bits per heavy atom. The van der Waals surface area contributed by atoms with Gasteiger partial charge in [0.15, 0.2) is 0 Å². The molecule has 0 N–H and O–H groups in total. The van der Waals surface area contributed by atoms with E-state index in [1.807, 2.05) is 0 Å². The van der Waals surface area contributed by atoms with Crippen LogP contribution in [0.5, 0.6) is 0 Å². The molecule has 166 valence electrons. The Labute approximate surface area is 227 Å². The van der Waals surface area contributed by atoms with Gasteiger partial charge in [0.25, 0.3) is 0 Å². The van der Waals surface area contributed by atoms with Crippen molar-refractivity contribution in [1.29, 1.82) is 0 Å². The predicted molar refractivity (Wildman–Crippen MR) is 136 cm³/mol. The second-order valence-corrected chi connectivity index (χ2v) is 17.1. The van der Waals surface area contributed by atoms with E-state index in [4.69, 9.17) is 11.1 Å². The molecular formula is C28H23Cl3SiZr-2. The van der Waals surface area contributed by atoms with Crippen molar-refractivity contribution in [2.75, 3.05) is 0 Å². The summed E-state index contributed by atoms with van der Waals surface area (Å²) >= 11 is 7.14. The number of hydrogen-bond donors (Lipinski definition) is 0. The Bertz CT molecular complexity index is 1260. The SMILES string of the molecule is CC[Si](Cl)=[Zr+2].[Cl-].[Cl-].c1ccc2c(c1)[cH-]c1ccccc12.c1ccc2c(c1)[cH-]c1ccccc12. The van der Waals surface area contributed by atoms with Crippen LogP contribution in [-0.4, -0.2) is 4.74 Å². The quantitative estimate of drug-likeness (QED) is 0.158. The fourth-order valence-electron chi connectivity index (χ4n) is 3.81. The molecule has 0 heterocycles. The topological polar surface area (TPSA) is 0 Å². The second kappa shape index (κ2) is 13.5. The molecule has 0 amide bonds. The van der Waals surface area contributed by atoms with Crippen LogP contribution in [0.15, 0.2) is 109 Å². The van der Waals surface area contributed by atoms with E-state index in [0.29, 0.717) is 0 Å². The van der Waals surface area contributed by atoms with Gasteiger partial charge in [0.1, 0.15) is 0 Å². The van der Waals surface area contributed by atoms with Gasteiger partial charge in [-0.25, -0.2) is 0 Å². The average molecular weight is 585 g/mol. The monoisotopic (exact) mass is 582 g/mol. The minimum atomic E-state index is -0.312.